The molecule has 0 aliphatic heterocycles. The van der Waals surface area contributed by atoms with Crippen LogP contribution in [-0.2, 0) is 11.3 Å². The van der Waals surface area contributed by atoms with Gasteiger partial charge < -0.3 is 5.11 Å². The zero-order valence-corrected chi connectivity index (χ0v) is 11.6. The van der Waals surface area contributed by atoms with Gasteiger partial charge in [-0.05, 0) is 43.5 Å². The Morgan fingerprint density at radius 3 is 2.72 bits per heavy atom. The number of carboxylic acids is 1. The van der Waals surface area contributed by atoms with Crippen molar-refractivity contribution in [1.82, 2.24) is 4.90 Å². The van der Waals surface area contributed by atoms with Gasteiger partial charge in [0.05, 0.1) is 0 Å². The number of rotatable bonds is 5. The first-order valence-corrected chi connectivity index (χ1v) is 6.67. The van der Waals surface area contributed by atoms with Crippen molar-refractivity contribution in [2.75, 3.05) is 0 Å². The maximum Gasteiger partial charge on any atom is 0.320 e. The van der Waals surface area contributed by atoms with Gasteiger partial charge in [-0.25, -0.2) is 0 Å². The standard InChI is InChI=1S/C13H15Cl2NO2/c1-8(13(17)18)16(11-3-4-11)7-9-6-10(14)2-5-12(9)15/h2,5-6,8,11H,3-4,7H2,1H3,(H,17,18). The molecule has 0 saturated heterocycles. The molecule has 1 unspecified atom stereocenters. The lowest BCUT2D eigenvalue weighted by molar-refractivity contribution is -0.143. The molecular weight excluding hydrogens is 273 g/mol. The Morgan fingerprint density at radius 2 is 2.17 bits per heavy atom. The van der Waals surface area contributed by atoms with Crippen LogP contribution in [0.3, 0.4) is 0 Å². The molecule has 0 amide bonds. The first-order valence-electron chi connectivity index (χ1n) is 5.91. The van der Waals surface area contributed by atoms with Gasteiger partial charge in [0.2, 0.25) is 0 Å². The molecule has 3 nitrogen and oxygen atoms in total. The summed E-state index contributed by atoms with van der Waals surface area (Å²) in [6.45, 7) is 2.23. The van der Waals surface area contributed by atoms with E-state index >= 15 is 0 Å². The summed E-state index contributed by atoms with van der Waals surface area (Å²) in [6, 6.07) is 5.12. The van der Waals surface area contributed by atoms with Crippen LogP contribution in [-0.4, -0.2) is 28.1 Å². The van der Waals surface area contributed by atoms with E-state index in [4.69, 9.17) is 28.3 Å². The Kier molecular flexibility index (Phi) is 4.15. The third-order valence-electron chi connectivity index (χ3n) is 3.23. The van der Waals surface area contributed by atoms with Crippen molar-refractivity contribution in [3.8, 4) is 0 Å². The van der Waals surface area contributed by atoms with E-state index in [0.717, 1.165) is 18.4 Å². The van der Waals surface area contributed by atoms with E-state index in [2.05, 4.69) is 0 Å². The van der Waals surface area contributed by atoms with Crippen molar-refractivity contribution in [1.29, 1.82) is 0 Å². The highest BCUT2D eigenvalue weighted by Gasteiger charge is 2.35. The largest absolute Gasteiger partial charge is 0.480 e. The Labute approximate surface area is 116 Å². The van der Waals surface area contributed by atoms with Crippen LogP contribution < -0.4 is 0 Å². The van der Waals surface area contributed by atoms with Crippen LogP contribution >= 0.6 is 23.2 Å². The van der Waals surface area contributed by atoms with Crippen LogP contribution in [0.1, 0.15) is 25.3 Å². The van der Waals surface area contributed by atoms with Crippen molar-refractivity contribution in [3.05, 3.63) is 33.8 Å². The maximum atomic E-state index is 11.1. The monoisotopic (exact) mass is 287 g/mol. The fourth-order valence-corrected chi connectivity index (χ4v) is 2.36. The van der Waals surface area contributed by atoms with E-state index in [1.807, 2.05) is 4.90 Å². The summed E-state index contributed by atoms with van der Waals surface area (Å²) in [5, 5.41) is 10.4. The second kappa shape index (κ2) is 5.47. The number of benzene rings is 1. The SMILES string of the molecule is CC(C(=O)O)N(Cc1cc(Cl)ccc1Cl)C1CC1. The molecule has 0 aromatic heterocycles. The van der Waals surface area contributed by atoms with E-state index in [9.17, 15) is 4.79 Å². The number of hydrogen-bond acceptors (Lipinski definition) is 2. The molecule has 2 rings (SSSR count). The molecule has 1 aliphatic carbocycles. The normalized spacial score (nSPS) is 16.9. The summed E-state index contributed by atoms with van der Waals surface area (Å²) in [5.41, 5.74) is 0.879. The highest BCUT2D eigenvalue weighted by Crippen LogP contribution is 2.32. The molecule has 0 spiro atoms. The van der Waals surface area contributed by atoms with Gasteiger partial charge in [-0.1, -0.05) is 23.2 Å². The van der Waals surface area contributed by atoms with Crippen molar-refractivity contribution in [2.45, 2.75) is 38.4 Å². The van der Waals surface area contributed by atoms with Crippen LogP contribution in [0.2, 0.25) is 10.0 Å². The molecule has 1 aromatic rings. The summed E-state index contributed by atoms with van der Waals surface area (Å²) < 4.78 is 0. The van der Waals surface area contributed by atoms with Crippen molar-refractivity contribution in [2.24, 2.45) is 0 Å². The minimum atomic E-state index is -0.806. The molecule has 0 bridgehead atoms. The van der Waals surface area contributed by atoms with Gasteiger partial charge in [-0.3, -0.25) is 9.69 Å². The average molecular weight is 288 g/mol. The number of hydrogen-bond donors (Lipinski definition) is 1. The molecule has 0 heterocycles. The second-order valence-corrected chi connectivity index (χ2v) is 5.50. The zero-order valence-electron chi connectivity index (χ0n) is 10.1. The Morgan fingerprint density at radius 1 is 1.50 bits per heavy atom. The average Bonchev–Trinajstić information content (AvgIpc) is 3.13. The lowest BCUT2D eigenvalue weighted by Crippen LogP contribution is -2.40. The Hall–Kier alpha value is -0.770. The molecule has 1 saturated carbocycles. The van der Waals surface area contributed by atoms with Crippen molar-refractivity contribution < 1.29 is 9.90 Å². The van der Waals surface area contributed by atoms with Gasteiger partial charge in [0.15, 0.2) is 0 Å². The van der Waals surface area contributed by atoms with Crippen LogP contribution in [0.15, 0.2) is 18.2 Å². The minimum absolute atomic E-state index is 0.353. The summed E-state index contributed by atoms with van der Waals surface area (Å²) in [5.74, 6) is -0.806. The molecule has 18 heavy (non-hydrogen) atoms. The van der Waals surface area contributed by atoms with Gasteiger partial charge in [-0.2, -0.15) is 0 Å². The number of halogens is 2. The molecule has 1 fully saturated rings. The highest BCUT2D eigenvalue weighted by molar-refractivity contribution is 6.33. The van der Waals surface area contributed by atoms with E-state index in [1.54, 1.807) is 25.1 Å². The predicted octanol–water partition coefficient (Wildman–Crippen LogP) is 3.43. The van der Waals surface area contributed by atoms with E-state index in [-0.39, 0.29) is 0 Å². The van der Waals surface area contributed by atoms with Crippen LogP contribution in [0.4, 0.5) is 0 Å². The summed E-state index contributed by atoms with van der Waals surface area (Å²) >= 11 is 12.1. The van der Waals surface area contributed by atoms with E-state index in [0.29, 0.717) is 22.6 Å². The highest BCUT2D eigenvalue weighted by atomic mass is 35.5. The number of aliphatic carboxylic acids is 1. The lowest BCUT2D eigenvalue weighted by atomic mass is 10.1. The van der Waals surface area contributed by atoms with Crippen molar-refractivity contribution in [3.63, 3.8) is 0 Å². The van der Waals surface area contributed by atoms with E-state index < -0.39 is 12.0 Å². The zero-order chi connectivity index (χ0) is 13.3. The lowest BCUT2D eigenvalue weighted by Gasteiger charge is -2.26. The van der Waals surface area contributed by atoms with Gasteiger partial charge in [0.25, 0.3) is 0 Å². The van der Waals surface area contributed by atoms with Crippen LogP contribution in [0.5, 0.6) is 0 Å². The fourth-order valence-electron chi connectivity index (χ4n) is 1.99. The first kappa shape index (κ1) is 13.7. The van der Waals surface area contributed by atoms with Gasteiger partial charge >= 0.3 is 5.97 Å². The van der Waals surface area contributed by atoms with Crippen LogP contribution in [0, 0.1) is 0 Å². The van der Waals surface area contributed by atoms with Gasteiger partial charge in [0, 0.05) is 22.6 Å². The van der Waals surface area contributed by atoms with Crippen molar-refractivity contribution >= 4 is 29.2 Å². The minimum Gasteiger partial charge on any atom is -0.480 e. The molecule has 5 heteroatoms. The van der Waals surface area contributed by atoms with Crippen LogP contribution in [0.25, 0.3) is 0 Å². The number of nitrogens with zero attached hydrogens (tertiary/aromatic N) is 1. The van der Waals surface area contributed by atoms with E-state index in [1.165, 1.54) is 0 Å². The molecular formula is C13H15Cl2NO2. The fraction of sp³-hybridized carbons (Fsp3) is 0.462. The smallest absolute Gasteiger partial charge is 0.320 e. The molecule has 1 aromatic carbocycles. The number of carboxylic acid groups (broad SMARTS) is 1. The Bertz CT molecular complexity index is 460. The summed E-state index contributed by atoms with van der Waals surface area (Å²) in [7, 11) is 0. The van der Waals surface area contributed by atoms with Gasteiger partial charge in [-0.15, -0.1) is 0 Å². The second-order valence-electron chi connectivity index (χ2n) is 4.65. The Balaban J connectivity index is 2.18. The maximum absolute atomic E-state index is 11.1. The molecule has 0 radical (unpaired) electrons. The molecule has 1 atom stereocenters. The molecule has 98 valence electrons. The molecule has 1 N–H and O–H groups in total. The van der Waals surface area contributed by atoms with Gasteiger partial charge in [0.1, 0.15) is 6.04 Å². The third-order valence-corrected chi connectivity index (χ3v) is 3.84. The first-order chi connectivity index (χ1) is 8.49. The molecule has 1 aliphatic rings. The topological polar surface area (TPSA) is 40.5 Å². The quantitative estimate of drug-likeness (QED) is 0.902. The number of carbonyl (C=O) groups is 1. The summed E-state index contributed by atoms with van der Waals surface area (Å²) in [4.78, 5) is 13.1. The predicted molar refractivity (Wildman–Crippen MR) is 72.1 cm³/mol. The summed E-state index contributed by atoms with van der Waals surface area (Å²) in [6.07, 6.45) is 2.10. The third kappa shape index (κ3) is 3.16.